The average molecular weight is 1200 g/mol. The van der Waals surface area contributed by atoms with Crippen LogP contribution < -0.4 is 9.47 Å². The van der Waals surface area contributed by atoms with Crippen molar-refractivity contribution < 1.29 is 60.8 Å². The van der Waals surface area contributed by atoms with Crippen LogP contribution in [0, 0.1) is 42.8 Å². The van der Waals surface area contributed by atoms with E-state index < -0.39 is 0 Å². The minimum absolute atomic E-state index is 0. The van der Waals surface area contributed by atoms with E-state index in [-0.39, 0.29) is 42.1 Å². The first-order chi connectivity index (χ1) is 31.1. The monoisotopic (exact) mass is 1200 g/mol. The quantitative estimate of drug-likeness (QED) is 0.0778. The van der Waals surface area contributed by atoms with Gasteiger partial charge >= 0.3 is 48.1 Å². The van der Waals surface area contributed by atoms with Gasteiger partial charge in [0.25, 0.3) is 6.20 Å². The maximum Gasteiger partial charge on any atom is 4.00 e. The summed E-state index contributed by atoms with van der Waals surface area (Å²) in [5.41, 5.74) is 10.1. The molecular weight excluding hydrogens is 1160 g/mol. The largest absolute Gasteiger partial charge is 4.00 e. The Labute approximate surface area is 408 Å². The second kappa shape index (κ2) is 21.8. The van der Waals surface area contributed by atoms with Gasteiger partial charge in [-0.25, -0.2) is 18.2 Å². The van der Waals surface area contributed by atoms with Crippen LogP contribution in [0.3, 0.4) is 0 Å². The van der Waals surface area contributed by atoms with Gasteiger partial charge in [0, 0.05) is 35.4 Å². The molecule has 9 aromatic rings. The number of ether oxygens (including phenoxy) is 2. The first-order valence-corrected chi connectivity index (χ1v) is 20.2. The van der Waals surface area contributed by atoms with Crippen LogP contribution in [0.5, 0.6) is 23.0 Å². The van der Waals surface area contributed by atoms with Gasteiger partial charge in [-0.05, 0) is 40.5 Å². The van der Waals surface area contributed by atoms with Crippen LogP contribution in [-0.2, 0) is 42.1 Å². The standard InChI is InChI=1S/C51H32N3O2.C6H4N.2Pt/c1-53-28-29-54(36-53)44-20-13-25-48(35-44)56-47-24-12-19-40(34-47)51-50(49(26-27-52-51)39-18-11-23-46(33-39)55-45-21-9-4-10-22-45)43-31-41(37-14-5-2-6-15-37)30-42(32-43)38-16-7-3-8-17-38;1-2-7-5-3-4-6-7;;/h2-21,23-25,27-32H,1H3;3-6H;;/q-3;-1;+2;+4. The molecule has 0 fully saturated rings. The van der Waals surface area contributed by atoms with Crippen molar-refractivity contribution in [2.75, 3.05) is 7.05 Å². The van der Waals surface area contributed by atoms with Gasteiger partial charge in [0.15, 0.2) is 7.05 Å². The average Bonchev–Trinajstić information content (AvgIpc) is 4.05. The van der Waals surface area contributed by atoms with Crippen molar-refractivity contribution in [2.24, 2.45) is 0 Å². The number of pyridine rings is 1. The smallest absolute Gasteiger partial charge is 0.669 e. The number of aromatic nitrogens is 2. The van der Waals surface area contributed by atoms with E-state index in [0.717, 1.165) is 61.5 Å². The Morgan fingerprint density at radius 3 is 1.75 bits per heavy atom. The number of hydrogen-bond donors (Lipinski definition) is 0. The molecule has 0 spiro atoms. The van der Waals surface area contributed by atoms with Gasteiger partial charge in [-0.15, -0.1) is 48.0 Å². The molecule has 2 aromatic heterocycles. The predicted octanol–water partition coefficient (Wildman–Crippen LogP) is 12.8. The Balaban J connectivity index is 0.000000642. The summed E-state index contributed by atoms with van der Waals surface area (Å²) in [5, 5.41) is 0. The maximum atomic E-state index is 6.57. The van der Waals surface area contributed by atoms with Crippen LogP contribution >= 0.6 is 0 Å². The van der Waals surface area contributed by atoms with Gasteiger partial charge in [0.05, 0.1) is 0 Å². The van der Waals surface area contributed by atoms with Crippen molar-refractivity contribution in [1.82, 2.24) is 9.55 Å². The second-order valence-electron chi connectivity index (χ2n) is 14.3. The molecule has 0 bridgehead atoms. The van der Waals surface area contributed by atoms with Crippen molar-refractivity contribution in [3.63, 3.8) is 0 Å². The molecule has 3 heterocycles. The fourth-order valence-corrected chi connectivity index (χ4v) is 7.04. The number of nitrogens with zero attached hydrogens (tertiary/aromatic N) is 4. The number of rotatable bonds is 10. The summed E-state index contributed by atoms with van der Waals surface area (Å²) in [6, 6.07) is 78.7. The number of para-hydroxylation sites is 1. The van der Waals surface area contributed by atoms with Crippen LogP contribution in [0.2, 0.25) is 0 Å². The summed E-state index contributed by atoms with van der Waals surface area (Å²) >= 11 is 0. The molecule has 1 aliphatic rings. The molecule has 8 heteroatoms. The Bertz CT molecular complexity index is 3120. The first kappa shape index (κ1) is 45.6. The molecule has 0 radical (unpaired) electrons. The van der Waals surface area contributed by atoms with Crippen LogP contribution in [0.1, 0.15) is 0 Å². The molecule has 0 amide bonds. The topological polar surface area (TPSA) is 42.3 Å². The van der Waals surface area contributed by atoms with Gasteiger partial charge in [0.2, 0.25) is 6.20 Å². The van der Waals surface area contributed by atoms with E-state index in [1.165, 1.54) is 0 Å². The van der Waals surface area contributed by atoms with E-state index in [1.54, 1.807) is 23.2 Å². The first-order valence-electron chi connectivity index (χ1n) is 20.2. The Morgan fingerprint density at radius 2 is 1.15 bits per heavy atom. The maximum absolute atomic E-state index is 6.57. The van der Waals surface area contributed by atoms with Crippen molar-refractivity contribution in [3.05, 3.63) is 238 Å². The molecule has 0 atom stereocenters. The zero-order valence-corrected chi connectivity index (χ0v) is 39.3. The SMILES string of the molecule is C[N+]1=C=[N+](c2[c-]c(Oc3[c-]c(-c4nc[c-]c(-c5[c-]c(Oc6[c-]cccc6)ccc5)c4-c4cc(-c5ccccc5)cc(-c5ccccc5)c4)ccc3)ccc2)C=C1.[C-]#Cn1cccc1.[Pt+2].[Pt+4]. The molecule has 10 rings (SSSR count). The van der Waals surface area contributed by atoms with Gasteiger partial charge in [0.1, 0.15) is 5.69 Å². The van der Waals surface area contributed by atoms with Crippen LogP contribution in [0.4, 0.5) is 5.69 Å². The van der Waals surface area contributed by atoms with E-state index in [4.69, 9.17) is 20.9 Å². The third kappa shape index (κ3) is 11.2. The van der Waals surface area contributed by atoms with Gasteiger partial charge in [-0.1, -0.05) is 118 Å². The zero-order valence-electron chi connectivity index (χ0n) is 34.8. The summed E-state index contributed by atoms with van der Waals surface area (Å²) in [7, 11) is 1.93. The molecule has 0 saturated carbocycles. The summed E-state index contributed by atoms with van der Waals surface area (Å²) in [6.45, 7) is 0. The van der Waals surface area contributed by atoms with E-state index in [9.17, 15) is 0 Å². The van der Waals surface area contributed by atoms with Crippen LogP contribution in [0.25, 0.3) is 55.8 Å². The van der Waals surface area contributed by atoms with Crippen molar-refractivity contribution in [2.45, 2.75) is 0 Å². The molecule has 0 N–H and O–H groups in total. The van der Waals surface area contributed by atoms with Gasteiger partial charge < -0.3 is 25.4 Å². The zero-order chi connectivity index (χ0) is 42.8. The molecule has 1 aliphatic heterocycles. The Kier molecular flexibility index (Phi) is 15.3. The van der Waals surface area contributed by atoms with Crippen LogP contribution in [-0.4, -0.2) is 31.8 Å². The van der Waals surface area contributed by atoms with Crippen LogP contribution in [0.15, 0.2) is 201 Å². The van der Waals surface area contributed by atoms with Crippen molar-refractivity contribution in [3.8, 4) is 84.8 Å². The normalized spacial score (nSPS) is 11.1. The van der Waals surface area contributed by atoms with E-state index >= 15 is 0 Å². The minimum atomic E-state index is 0. The molecule has 6 nitrogen and oxygen atoms in total. The van der Waals surface area contributed by atoms with E-state index in [2.05, 4.69) is 109 Å². The third-order valence-electron chi connectivity index (χ3n) is 9.96. The third-order valence-corrected chi connectivity index (χ3v) is 9.96. The summed E-state index contributed by atoms with van der Waals surface area (Å²) in [5.74, 6) is 2.26. The molecule has 0 unspecified atom stereocenters. The van der Waals surface area contributed by atoms with E-state index in [1.807, 2.05) is 132 Å². The van der Waals surface area contributed by atoms with E-state index in [0.29, 0.717) is 23.0 Å². The molecule has 0 saturated heterocycles. The fraction of sp³-hybridized carbons (Fsp3) is 0.0175. The minimum Gasteiger partial charge on any atom is -0.669 e. The van der Waals surface area contributed by atoms with Crippen molar-refractivity contribution >= 4 is 11.7 Å². The molecule has 7 aromatic carbocycles. The van der Waals surface area contributed by atoms with Crippen molar-refractivity contribution in [1.29, 1.82) is 0 Å². The summed E-state index contributed by atoms with van der Waals surface area (Å²) < 4.78 is 17.9. The Morgan fingerprint density at radius 1 is 0.585 bits per heavy atom. The number of hydrogen-bond acceptors (Lipinski definition) is 3. The second-order valence-corrected chi connectivity index (χ2v) is 14.3. The predicted molar refractivity (Wildman–Crippen MR) is 246 cm³/mol. The molecule has 65 heavy (non-hydrogen) atoms. The Hall–Kier alpha value is -7.37. The summed E-state index contributed by atoms with van der Waals surface area (Å²) in [6.07, 6.45) is 15.7. The van der Waals surface area contributed by atoms with Gasteiger partial charge in [-0.3, -0.25) is 11.1 Å². The molecular formula is C57H36N4O2Pt2+2. The molecule has 314 valence electrons. The number of benzene rings is 7. The fourth-order valence-electron chi connectivity index (χ4n) is 7.04. The van der Waals surface area contributed by atoms with Gasteiger partial charge in [-0.2, -0.15) is 42.0 Å². The summed E-state index contributed by atoms with van der Waals surface area (Å²) in [4.78, 5) is 5.00. The molecule has 0 aliphatic carbocycles.